The molecule has 0 spiro atoms. The highest BCUT2D eigenvalue weighted by Crippen LogP contribution is 2.30. The van der Waals surface area contributed by atoms with Gasteiger partial charge in [-0.15, -0.1) is 0 Å². The first-order valence-electron chi connectivity index (χ1n) is 6.27. The molecule has 94 valence electrons. The van der Waals surface area contributed by atoms with Crippen molar-refractivity contribution in [3.05, 3.63) is 11.9 Å². The van der Waals surface area contributed by atoms with Gasteiger partial charge in [0.05, 0.1) is 0 Å². The summed E-state index contributed by atoms with van der Waals surface area (Å²) in [4.78, 5) is 8.47. The molecule has 0 aromatic carbocycles. The third-order valence-corrected chi connectivity index (χ3v) is 3.38. The van der Waals surface area contributed by atoms with Crippen LogP contribution in [-0.4, -0.2) is 16.5 Å². The molecule has 1 aliphatic carbocycles. The Hall–Kier alpha value is -1.36. The number of rotatable bonds is 5. The molecule has 2 rings (SSSR count). The summed E-state index contributed by atoms with van der Waals surface area (Å²) in [7, 11) is 0. The van der Waals surface area contributed by atoms with Crippen LogP contribution >= 0.6 is 0 Å². The fourth-order valence-corrected chi connectivity index (χ4v) is 2.14. The van der Waals surface area contributed by atoms with Crippen molar-refractivity contribution in [2.45, 2.75) is 39.0 Å². The van der Waals surface area contributed by atoms with Crippen LogP contribution in [0.2, 0.25) is 0 Å². The van der Waals surface area contributed by atoms with Gasteiger partial charge in [-0.05, 0) is 24.7 Å². The molecular weight excluding hydrogens is 214 g/mol. The lowest BCUT2D eigenvalue weighted by Crippen LogP contribution is -2.23. The molecule has 1 aliphatic rings. The van der Waals surface area contributed by atoms with E-state index >= 15 is 0 Å². The van der Waals surface area contributed by atoms with Crippen molar-refractivity contribution in [1.82, 2.24) is 9.97 Å². The minimum absolute atomic E-state index is 0.339. The molecule has 1 saturated carbocycles. The molecule has 5 nitrogen and oxygen atoms in total. The van der Waals surface area contributed by atoms with Crippen LogP contribution in [0.15, 0.2) is 6.33 Å². The first kappa shape index (κ1) is 12.1. The lowest BCUT2D eigenvalue weighted by molar-refractivity contribution is 0.333. The van der Waals surface area contributed by atoms with E-state index in [2.05, 4.69) is 34.6 Å². The third-order valence-electron chi connectivity index (χ3n) is 3.38. The summed E-state index contributed by atoms with van der Waals surface area (Å²) in [6, 6.07) is 0. The molecule has 4 N–H and O–H groups in total. The number of hydrogen-bond acceptors (Lipinski definition) is 5. The van der Waals surface area contributed by atoms with E-state index in [-0.39, 0.29) is 0 Å². The SMILES string of the molecule is CC(C)c1c(NN)ncnc1NCC1CCC1. The second kappa shape index (κ2) is 5.31. The van der Waals surface area contributed by atoms with Gasteiger partial charge in [0.1, 0.15) is 18.0 Å². The highest BCUT2D eigenvalue weighted by molar-refractivity contribution is 5.58. The van der Waals surface area contributed by atoms with Gasteiger partial charge in [0, 0.05) is 12.1 Å². The summed E-state index contributed by atoms with van der Waals surface area (Å²) >= 11 is 0. The summed E-state index contributed by atoms with van der Waals surface area (Å²) < 4.78 is 0. The molecule has 1 aromatic heterocycles. The van der Waals surface area contributed by atoms with Gasteiger partial charge in [-0.2, -0.15) is 0 Å². The molecule has 0 amide bonds. The highest BCUT2D eigenvalue weighted by atomic mass is 15.3. The Morgan fingerprint density at radius 2 is 2.06 bits per heavy atom. The number of anilines is 2. The predicted octanol–water partition coefficient (Wildman–Crippen LogP) is 2.10. The van der Waals surface area contributed by atoms with Crippen molar-refractivity contribution in [2.75, 3.05) is 17.3 Å². The largest absolute Gasteiger partial charge is 0.369 e. The first-order valence-corrected chi connectivity index (χ1v) is 6.27. The van der Waals surface area contributed by atoms with Gasteiger partial charge >= 0.3 is 0 Å². The quantitative estimate of drug-likeness (QED) is 0.538. The van der Waals surface area contributed by atoms with Crippen LogP contribution in [0, 0.1) is 5.92 Å². The zero-order chi connectivity index (χ0) is 12.3. The average Bonchev–Trinajstić information content (AvgIpc) is 2.26. The highest BCUT2D eigenvalue weighted by Gasteiger charge is 2.19. The molecule has 0 unspecified atom stereocenters. The minimum atomic E-state index is 0.339. The fraction of sp³-hybridized carbons (Fsp3) is 0.667. The molecule has 0 atom stereocenters. The molecule has 1 heterocycles. The van der Waals surface area contributed by atoms with E-state index in [4.69, 9.17) is 5.84 Å². The first-order chi connectivity index (χ1) is 8.22. The van der Waals surface area contributed by atoms with Gasteiger partial charge in [-0.3, -0.25) is 0 Å². The van der Waals surface area contributed by atoms with Crippen LogP contribution in [-0.2, 0) is 0 Å². The van der Waals surface area contributed by atoms with Crippen molar-refractivity contribution < 1.29 is 0 Å². The van der Waals surface area contributed by atoms with E-state index in [1.54, 1.807) is 6.33 Å². The molecule has 1 aromatic rings. The van der Waals surface area contributed by atoms with Crippen molar-refractivity contribution in [3.8, 4) is 0 Å². The number of nitrogens with two attached hydrogens (primary N) is 1. The van der Waals surface area contributed by atoms with E-state index in [1.165, 1.54) is 19.3 Å². The van der Waals surface area contributed by atoms with Gasteiger partial charge in [0.2, 0.25) is 0 Å². The maximum absolute atomic E-state index is 5.48. The zero-order valence-corrected chi connectivity index (χ0v) is 10.5. The van der Waals surface area contributed by atoms with Gasteiger partial charge in [0.15, 0.2) is 0 Å². The Balaban J connectivity index is 2.13. The maximum Gasteiger partial charge on any atom is 0.148 e. The second-order valence-corrected chi connectivity index (χ2v) is 4.96. The van der Waals surface area contributed by atoms with Crippen molar-refractivity contribution in [1.29, 1.82) is 0 Å². The molecule has 5 heteroatoms. The van der Waals surface area contributed by atoms with Crippen LogP contribution < -0.4 is 16.6 Å². The molecule has 1 fully saturated rings. The normalized spacial score (nSPS) is 15.8. The standard InChI is InChI=1S/C12H21N5/c1-8(2)10-11(14-6-9-4-3-5-9)15-7-16-12(10)17-13/h7-9H,3-6,13H2,1-2H3,(H2,14,15,16,17). The van der Waals surface area contributed by atoms with Crippen LogP contribution in [0.25, 0.3) is 0 Å². The number of hydrogen-bond donors (Lipinski definition) is 3. The number of nitrogens with one attached hydrogen (secondary N) is 2. The topological polar surface area (TPSA) is 75.9 Å². The van der Waals surface area contributed by atoms with Gasteiger partial charge < -0.3 is 10.7 Å². The Bertz CT molecular complexity index is 373. The molecular formula is C12H21N5. The van der Waals surface area contributed by atoms with E-state index < -0.39 is 0 Å². The zero-order valence-electron chi connectivity index (χ0n) is 10.5. The molecule has 17 heavy (non-hydrogen) atoms. The second-order valence-electron chi connectivity index (χ2n) is 4.96. The summed E-state index contributed by atoms with van der Waals surface area (Å²) in [6.07, 6.45) is 5.57. The number of nitrogen functional groups attached to an aromatic ring is 1. The average molecular weight is 235 g/mol. The lowest BCUT2D eigenvalue weighted by Gasteiger charge is -2.26. The van der Waals surface area contributed by atoms with Crippen LogP contribution in [0.1, 0.15) is 44.6 Å². The summed E-state index contributed by atoms with van der Waals surface area (Å²) in [5, 5.41) is 3.42. The van der Waals surface area contributed by atoms with Gasteiger partial charge in [-0.25, -0.2) is 15.8 Å². The predicted molar refractivity (Wildman–Crippen MR) is 69.8 cm³/mol. The molecule has 0 aliphatic heterocycles. The van der Waals surface area contributed by atoms with E-state index in [9.17, 15) is 0 Å². The molecule has 0 bridgehead atoms. The van der Waals surface area contributed by atoms with Crippen LogP contribution in [0.4, 0.5) is 11.6 Å². The summed E-state index contributed by atoms with van der Waals surface area (Å²) in [5.41, 5.74) is 3.71. The number of nitrogens with zero attached hydrogens (tertiary/aromatic N) is 2. The molecule has 0 radical (unpaired) electrons. The van der Waals surface area contributed by atoms with Crippen molar-refractivity contribution >= 4 is 11.6 Å². The Morgan fingerprint density at radius 1 is 1.35 bits per heavy atom. The summed E-state index contributed by atoms with van der Waals surface area (Å²) in [6.45, 7) is 5.24. The minimum Gasteiger partial charge on any atom is -0.369 e. The Morgan fingerprint density at radius 3 is 2.59 bits per heavy atom. The third kappa shape index (κ3) is 2.66. The fourth-order valence-electron chi connectivity index (χ4n) is 2.14. The number of hydrazine groups is 1. The van der Waals surface area contributed by atoms with Crippen LogP contribution in [0.5, 0.6) is 0 Å². The smallest absolute Gasteiger partial charge is 0.148 e. The van der Waals surface area contributed by atoms with Gasteiger partial charge in [-0.1, -0.05) is 20.3 Å². The molecule has 0 saturated heterocycles. The number of aromatic nitrogens is 2. The van der Waals surface area contributed by atoms with Gasteiger partial charge in [0.25, 0.3) is 0 Å². The van der Waals surface area contributed by atoms with E-state index in [0.29, 0.717) is 11.7 Å². The van der Waals surface area contributed by atoms with Crippen LogP contribution in [0.3, 0.4) is 0 Å². The monoisotopic (exact) mass is 235 g/mol. The van der Waals surface area contributed by atoms with Crippen molar-refractivity contribution in [3.63, 3.8) is 0 Å². The Labute approximate surface area is 102 Å². The van der Waals surface area contributed by atoms with Crippen molar-refractivity contribution in [2.24, 2.45) is 11.8 Å². The van der Waals surface area contributed by atoms with E-state index in [0.717, 1.165) is 23.8 Å². The lowest BCUT2D eigenvalue weighted by atomic mass is 9.85. The van der Waals surface area contributed by atoms with E-state index in [1.807, 2.05) is 0 Å². The maximum atomic E-state index is 5.48. The summed E-state index contributed by atoms with van der Waals surface area (Å²) in [5.74, 6) is 8.25. The Kier molecular flexibility index (Phi) is 3.78.